The van der Waals surface area contributed by atoms with Gasteiger partial charge in [-0.1, -0.05) is 135 Å². The first-order chi connectivity index (χ1) is 23.0. The molecule has 0 atom stereocenters. The van der Waals surface area contributed by atoms with Crippen LogP contribution in [0.2, 0.25) is 0 Å². The third-order valence-electron chi connectivity index (χ3n) is 9.50. The molecule has 8 aromatic rings. The van der Waals surface area contributed by atoms with E-state index in [1.54, 1.807) is 0 Å². The van der Waals surface area contributed by atoms with Gasteiger partial charge in [0, 0.05) is 0 Å². The Morgan fingerprint density at radius 3 is 1.11 bits per heavy atom. The molecule has 0 aromatic heterocycles. The van der Waals surface area contributed by atoms with Crippen molar-refractivity contribution < 1.29 is 19.1 Å². The number of ether oxygens (including phenoxy) is 2. The van der Waals surface area contributed by atoms with E-state index < -0.39 is 17.4 Å². The van der Waals surface area contributed by atoms with Crippen LogP contribution in [0.4, 0.5) is 0 Å². The van der Waals surface area contributed by atoms with E-state index in [0.717, 1.165) is 32.7 Å². The van der Waals surface area contributed by atoms with Crippen LogP contribution in [0.5, 0.6) is 0 Å². The molecule has 0 saturated heterocycles. The molecule has 47 heavy (non-hydrogen) atoms. The molecule has 0 N–H and O–H groups in total. The van der Waals surface area contributed by atoms with Crippen LogP contribution in [-0.4, -0.2) is 25.2 Å². The highest BCUT2D eigenvalue weighted by Gasteiger charge is 2.49. The largest absolute Gasteiger partial charge is 0.461 e. The normalized spacial score (nSPS) is 12.1. The van der Waals surface area contributed by atoms with E-state index in [1.807, 2.05) is 0 Å². The third-order valence-corrected chi connectivity index (χ3v) is 9.50. The van der Waals surface area contributed by atoms with Crippen LogP contribution in [0.15, 0.2) is 135 Å². The Kier molecular flexibility index (Phi) is 6.87. The number of hydrogen-bond acceptors (Lipinski definition) is 4. The van der Waals surface area contributed by atoms with E-state index in [1.165, 1.54) is 55.2 Å². The van der Waals surface area contributed by atoms with Crippen LogP contribution < -0.4 is 0 Å². The lowest BCUT2D eigenvalue weighted by molar-refractivity contribution is -0.171. The van der Waals surface area contributed by atoms with Crippen molar-refractivity contribution in [2.45, 2.75) is 12.8 Å². The van der Waals surface area contributed by atoms with Crippen molar-refractivity contribution in [3.8, 4) is 0 Å². The van der Waals surface area contributed by atoms with Gasteiger partial charge in [-0.05, 0) is 88.6 Å². The van der Waals surface area contributed by atoms with Gasteiger partial charge in [0.15, 0.2) is 5.41 Å². The fourth-order valence-corrected chi connectivity index (χ4v) is 7.52. The predicted octanol–water partition coefficient (Wildman–Crippen LogP) is 9.71. The first-order valence-corrected chi connectivity index (χ1v) is 15.9. The standard InChI is InChI=1S/C43H32O4/c1-3-19-46-41(44)43(42(45)47-20-4-2,25-27-21-33-15-11-29-7-5-8-30-12-16-34(22-27)39(33)37(29)30)26-28-23-35-17-13-31-9-6-10-32-14-18-36(24-28)40(35)38(31)32/h3-18,21-24H,1-2,19-20,25-26H2. The highest BCUT2D eigenvalue weighted by atomic mass is 16.6. The van der Waals surface area contributed by atoms with Crippen LogP contribution >= 0.6 is 0 Å². The van der Waals surface area contributed by atoms with E-state index >= 15 is 0 Å². The van der Waals surface area contributed by atoms with E-state index in [-0.39, 0.29) is 26.1 Å². The van der Waals surface area contributed by atoms with Gasteiger partial charge in [-0.3, -0.25) is 9.59 Å². The van der Waals surface area contributed by atoms with Crippen molar-refractivity contribution in [1.82, 2.24) is 0 Å². The number of rotatable bonds is 10. The fraction of sp³-hybridized carbons (Fsp3) is 0.116. The van der Waals surface area contributed by atoms with E-state index in [9.17, 15) is 9.59 Å². The summed E-state index contributed by atoms with van der Waals surface area (Å²) in [6, 6.07) is 38.0. The zero-order valence-electron chi connectivity index (χ0n) is 25.9. The molecular weight excluding hydrogens is 580 g/mol. The molecule has 0 heterocycles. The van der Waals surface area contributed by atoms with Crippen molar-refractivity contribution in [1.29, 1.82) is 0 Å². The molecule has 0 aliphatic heterocycles. The van der Waals surface area contributed by atoms with Crippen LogP contribution in [0.25, 0.3) is 64.6 Å². The molecule has 0 unspecified atom stereocenters. The molecule has 0 radical (unpaired) electrons. The van der Waals surface area contributed by atoms with Gasteiger partial charge in [-0.25, -0.2) is 0 Å². The minimum atomic E-state index is -1.66. The van der Waals surface area contributed by atoms with Crippen LogP contribution in [0.1, 0.15) is 11.1 Å². The monoisotopic (exact) mass is 612 g/mol. The summed E-state index contributed by atoms with van der Waals surface area (Å²) in [6.45, 7) is 7.42. The Labute approximate surface area is 272 Å². The molecule has 0 amide bonds. The maximum atomic E-state index is 14.2. The Balaban J connectivity index is 1.30. The molecular formula is C43H32O4. The van der Waals surface area contributed by atoms with Gasteiger partial charge >= 0.3 is 11.9 Å². The van der Waals surface area contributed by atoms with Crippen LogP contribution in [0.3, 0.4) is 0 Å². The number of carbonyl (C=O) groups excluding carboxylic acids is 2. The molecule has 0 bridgehead atoms. The summed E-state index contributed by atoms with van der Waals surface area (Å²) in [5.74, 6) is -1.27. The average molecular weight is 613 g/mol. The highest BCUT2D eigenvalue weighted by Crippen LogP contribution is 2.40. The quantitative estimate of drug-likeness (QED) is 0.0668. The molecule has 4 heteroatoms. The smallest absolute Gasteiger partial charge is 0.324 e. The summed E-state index contributed by atoms with van der Waals surface area (Å²) in [6.07, 6.45) is 3.22. The first kappa shape index (κ1) is 28.7. The fourth-order valence-electron chi connectivity index (χ4n) is 7.52. The number of benzene rings is 8. The van der Waals surface area contributed by atoms with Gasteiger partial charge in [0.05, 0.1) is 0 Å². The Morgan fingerprint density at radius 2 is 0.787 bits per heavy atom. The van der Waals surface area contributed by atoms with Crippen molar-refractivity contribution in [3.05, 3.63) is 146 Å². The second-order valence-corrected chi connectivity index (χ2v) is 12.5. The van der Waals surface area contributed by atoms with E-state index in [2.05, 4.69) is 122 Å². The van der Waals surface area contributed by atoms with Crippen molar-refractivity contribution in [3.63, 3.8) is 0 Å². The summed E-state index contributed by atoms with van der Waals surface area (Å²) >= 11 is 0. The van der Waals surface area contributed by atoms with Gasteiger partial charge in [0.25, 0.3) is 0 Å². The third kappa shape index (κ3) is 4.68. The molecule has 8 rings (SSSR count). The molecule has 0 fully saturated rings. The SMILES string of the molecule is C=CCOC(=O)C(Cc1cc2ccc3cccc4ccc(c1)c2c34)(Cc1cc2ccc3cccc4ccc(c1)c2c34)C(=O)OCC=C. The van der Waals surface area contributed by atoms with E-state index in [4.69, 9.17) is 9.47 Å². The molecule has 0 saturated carbocycles. The second kappa shape index (κ2) is 11.3. The zero-order valence-corrected chi connectivity index (χ0v) is 25.9. The van der Waals surface area contributed by atoms with Crippen molar-refractivity contribution in [2.24, 2.45) is 5.41 Å². The van der Waals surface area contributed by atoms with E-state index in [0.29, 0.717) is 0 Å². The molecule has 0 aliphatic carbocycles. The summed E-state index contributed by atoms with van der Waals surface area (Å²) in [5.41, 5.74) is 0.0347. The van der Waals surface area contributed by atoms with Crippen LogP contribution in [-0.2, 0) is 31.9 Å². The second-order valence-electron chi connectivity index (χ2n) is 12.5. The zero-order chi connectivity index (χ0) is 32.1. The topological polar surface area (TPSA) is 52.6 Å². The lowest BCUT2D eigenvalue weighted by Gasteiger charge is -2.30. The van der Waals surface area contributed by atoms with Gasteiger partial charge in [-0.15, -0.1) is 0 Å². The molecule has 4 nitrogen and oxygen atoms in total. The van der Waals surface area contributed by atoms with Gasteiger partial charge in [-0.2, -0.15) is 0 Å². The van der Waals surface area contributed by atoms with Crippen molar-refractivity contribution >= 4 is 76.6 Å². The van der Waals surface area contributed by atoms with Gasteiger partial charge in [0.1, 0.15) is 13.2 Å². The Morgan fingerprint density at radius 1 is 0.489 bits per heavy atom. The minimum absolute atomic E-state index is 0.0176. The summed E-state index contributed by atoms with van der Waals surface area (Å²) in [7, 11) is 0. The van der Waals surface area contributed by atoms with Gasteiger partial charge < -0.3 is 9.47 Å². The Bertz CT molecular complexity index is 2200. The molecule has 228 valence electrons. The summed E-state index contributed by atoms with van der Waals surface area (Å²) in [5, 5.41) is 13.7. The highest BCUT2D eigenvalue weighted by molar-refractivity contribution is 6.24. The van der Waals surface area contributed by atoms with Crippen molar-refractivity contribution in [2.75, 3.05) is 13.2 Å². The summed E-state index contributed by atoms with van der Waals surface area (Å²) < 4.78 is 11.4. The number of hydrogen-bond donors (Lipinski definition) is 0. The lowest BCUT2D eigenvalue weighted by Crippen LogP contribution is -2.46. The lowest BCUT2D eigenvalue weighted by atomic mass is 9.75. The molecule has 8 aromatic carbocycles. The number of esters is 2. The maximum absolute atomic E-state index is 14.2. The molecule has 0 aliphatic rings. The predicted molar refractivity (Wildman–Crippen MR) is 192 cm³/mol. The maximum Gasteiger partial charge on any atom is 0.324 e. The number of carbonyl (C=O) groups is 2. The average Bonchev–Trinajstić information content (AvgIpc) is 3.10. The van der Waals surface area contributed by atoms with Gasteiger partial charge in [0.2, 0.25) is 0 Å². The molecule has 0 spiro atoms. The first-order valence-electron chi connectivity index (χ1n) is 15.9. The summed E-state index contributed by atoms with van der Waals surface area (Å²) in [4.78, 5) is 28.4. The Hall–Kier alpha value is -5.74. The minimum Gasteiger partial charge on any atom is -0.461 e. The van der Waals surface area contributed by atoms with Crippen LogP contribution in [0, 0.1) is 5.41 Å².